The number of carbonyl (C=O) groups is 1. The predicted molar refractivity (Wildman–Crippen MR) is 107 cm³/mol. The maximum Gasteiger partial charge on any atom is 0.219 e. The molecule has 0 aromatic heterocycles. The van der Waals surface area contributed by atoms with Crippen LogP contribution in [0, 0.1) is 10.7 Å². The summed E-state index contributed by atoms with van der Waals surface area (Å²) in [7, 11) is 0. The summed E-state index contributed by atoms with van der Waals surface area (Å²) >= 11 is 6.32. The highest BCUT2D eigenvalue weighted by Gasteiger charge is 1.99. The molecule has 3 N–H and O–H groups in total. The van der Waals surface area contributed by atoms with E-state index in [0.29, 0.717) is 51.1 Å². The third-order valence-corrected chi connectivity index (χ3v) is 3.91. The van der Waals surface area contributed by atoms with Crippen molar-refractivity contribution < 1.29 is 14.3 Å². The average Bonchev–Trinajstić information content (AvgIpc) is 2.64. The summed E-state index contributed by atoms with van der Waals surface area (Å²) in [5.41, 5.74) is 0.856. The van der Waals surface area contributed by atoms with Crippen LogP contribution in [0.5, 0.6) is 0 Å². The number of nitriles is 1. The minimum atomic E-state index is 0.0255. The lowest BCUT2D eigenvalue weighted by Crippen LogP contribution is -2.31. The fraction of sp³-hybridized carbons (Fsp3) is 0.471. The van der Waals surface area contributed by atoms with Crippen LogP contribution in [0.25, 0.3) is 0 Å². The molecule has 9 heteroatoms. The molecule has 1 aromatic carbocycles. The molecule has 0 radical (unpaired) electrons. The lowest BCUT2D eigenvalue weighted by Gasteiger charge is -2.11. The lowest BCUT2D eigenvalue weighted by atomic mass is 10.3. The molecule has 1 amide bonds. The van der Waals surface area contributed by atoms with Crippen molar-refractivity contribution in [3.05, 3.63) is 24.3 Å². The molecule has 0 spiro atoms. The fourth-order valence-electron chi connectivity index (χ4n) is 1.78. The molecule has 1 rings (SSSR count). The summed E-state index contributed by atoms with van der Waals surface area (Å²) < 4.78 is 10.8. The monoisotopic (exact) mass is 396 g/mol. The van der Waals surface area contributed by atoms with E-state index in [1.165, 1.54) is 0 Å². The van der Waals surface area contributed by atoms with E-state index in [4.69, 9.17) is 27.0 Å². The minimum Gasteiger partial charge on any atom is -0.377 e. The predicted octanol–water partition coefficient (Wildman–Crippen LogP) is 2.11. The first kappa shape index (κ1) is 22.2. The molecule has 0 heterocycles. The topological polar surface area (TPSA) is 95.4 Å². The van der Waals surface area contributed by atoms with Crippen LogP contribution in [0.4, 0.5) is 5.69 Å². The number of hydrogen-bond acceptors (Lipinski definition) is 6. The number of ether oxygens (including phenoxy) is 2. The van der Waals surface area contributed by atoms with Gasteiger partial charge in [0.05, 0.1) is 26.4 Å². The maximum atomic E-state index is 11.0. The van der Waals surface area contributed by atoms with Crippen molar-refractivity contribution in [1.29, 1.82) is 5.26 Å². The van der Waals surface area contributed by atoms with Crippen LogP contribution in [0.1, 0.15) is 13.3 Å². The second-order valence-electron chi connectivity index (χ2n) is 5.03. The number of hydrogen-bond donors (Lipinski definition) is 3. The van der Waals surface area contributed by atoms with Crippen LogP contribution >= 0.6 is 24.0 Å². The van der Waals surface area contributed by atoms with Crippen molar-refractivity contribution >= 4 is 40.7 Å². The Balaban J connectivity index is 1.98. The van der Waals surface area contributed by atoms with E-state index in [0.717, 1.165) is 22.3 Å². The number of rotatable bonds is 12. The van der Waals surface area contributed by atoms with E-state index in [-0.39, 0.29) is 5.91 Å². The summed E-state index contributed by atoms with van der Waals surface area (Å²) in [5, 5.41) is 20.0. The Labute approximate surface area is 163 Å². The zero-order chi connectivity index (χ0) is 19.0. The van der Waals surface area contributed by atoms with Crippen LogP contribution in [0.15, 0.2) is 29.2 Å². The third-order valence-electron chi connectivity index (χ3n) is 3.07. The van der Waals surface area contributed by atoms with Crippen LogP contribution in [0.2, 0.25) is 0 Å². The van der Waals surface area contributed by atoms with Gasteiger partial charge in [-0.05, 0) is 48.2 Å². The summed E-state index contributed by atoms with van der Waals surface area (Å²) in [6.45, 7) is 4.87. The summed E-state index contributed by atoms with van der Waals surface area (Å²) in [5.74, 6) is 0.0255. The van der Waals surface area contributed by atoms with Crippen molar-refractivity contribution in [1.82, 2.24) is 10.6 Å². The number of amides is 1. The van der Waals surface area contributed by atoms with Crippen molar-refractivity contribution in [2.24, 2.45) is 0 Å². The molecule has 7 nitrogen and oxygen atoms in total. The van der Waals surface area contributed by atoms with Crippen molar-refractivity contribution in [2.45, 2.75) is 18.2 Å². The highest BCUT2D eigenvalue weighted by molar-refractivity contribution is 8.03. The molecule has 0 fully saturated rings. The Kier molecular flexibility index (Phi) is 12.2. The zero-order valence-corrected chi connectivity index (χ0v) is 16.4. The van der Waals surface area contributed by atoms with Crippen molar-refractivity contribution in [3.63, 3.8) is 0 Å². The van der Waals surface area contributed by atoms with Gasteiger partial charge in [-0.25, -0.2) is 0 Å². The Bertz CT molecular complexity index is 591. The van der Waals surface area contributed by atoms with E-state index in [1.54, 1.807) is 0 Å². The standard InChI is InChI=1S/C17H24N4O3S2/c1-2-16(22)19-7-9-23-11-12-24-10-8-20-17(25)21-14-3-5-15(6-4-14)26-13-18/h3-6H,2,7-12H2,1H3,(H,19,22)(H2,20,21,25). The normalized spacial score (nSPS) is 10.0. The smallest absolute Gasteiger partial charge is 0.219 e. The average molecular weight is 397 g/mol. The van der Waals surface area contributed by atoms with E-state index in [2.05, 4.69) is 16.0 Å². The molecule has 0 bridgehead atoms. The fourth-order valence-corrected chi connectivity index (χ4v) is 2.38. The first-order valence-electron chi connectivity index (χ1n) is 8.28. The molecule has 142 valence electrons. The zero-order valence-electron chi connectivity index (χ0n) is 14.7. The highest BCUT2D eigenvalue weighted by atomic mass is 32.2. The SMILES string of the molecule is CCC(=O)NCCOCCOCCNC(=S)Nc1ccc(SC#N)cc1. The highest BCUT2D eigenvalue weighted by Crippen LogP contribution is 2.18. The number of thioether (sulfide) groups is 1. The van der Waals surface area contributed by atoms with Gasteiger partial charge in [0.15, 0.2) is 5.11 Å². The van der Waals surface area contributed by atoms with E-state index < -0.39 is 0 Å². The molecule has 1 aromatic rings. The molecule has 0 saturated carbocycles. The van der Waals surface area contributed by atoms with Gasteiger partial charge < -0.3 is 25.4 Å². The van der Waals surface area contributed by atoms with Gasteiger partial charge in [0.1, 0.15) is 5.40 Å². The number of anilines is 1. The Hall–Kier alpha value is -1.86. The van der Waals surface area contributed by atoms with Gasteiger partial charge >= 0.3 is 0 Å². The van der Waals surface area contributed by atoms with Gasteiger partial charge in [0.2, 0.25) is 5.91 Å². The number of nitrogens with one attached hydrogen (secondary N) is 3. The van der Waals surface area contributed by atoms with Crippen LogP contribution in [-0.4, -0.2) is 50.5 Å². The van der Waals surface area contributed by atoms with E-state index in [9.17, 15) is 4.79 Å². The summed E-state index contributed by atoms with van der Waals surface area (Å²) in [6, 6.07) is 7.44. The van der Waals surface area contributed by atoms with Gasteiger partial charge in [-0.15, -0.1) is 0 Å². The lowest BCUT2D eigenvalue weighted by molar-refractivity contribution is -0.121. The van der Waals surface area contributed by atoms with Gasteiger partial charge in [0, 0.05) is 30.1 Å². The molecule has 0 unspecified atom stereocenters. The minimum absolute atomic E-state index is 0.0255. The van der Waals surface area contributed by atoms with Crippen LogP contribution in [0.3, 0.4) is 0 Å². The quantitative estimate of drug-likeness (QED) is 0.214. The first-order valence-corrected chi connectivity index (χ1v) is 9.51. The Morgan fingerprint density at radius 1 is 1.12 bits per heavy atom. The number of thiocyanates is 1. The molecule has 26 heavy (non-hydrogen) atoms. The van der Waals surface area contributed by atoms with E-state index >= 15 is 0 Å². The number of benzene rings is 1. The third kappa shape index (κ3) is 10.9. The number of thiocarbonyl (C=S) groups is 1. The largest absolute Gasteiger partial charge is 0.377 e. The summed E-state index contributed by atoms with van der Waals surface area (Å²) in [4.78, 5) is 11.9. The van der Waals surface area contributed by atoms with Crippen LogP contribution in [-0.2, 0) is 14.3 Å². The van der Waals surface area contributed by atoms with E-state index in [1.807, 2.05) is 36.6 Å². The number of carbonyl (C=O) groups excluding carboxylic acids is 1. The first-order chi connectivity index (χ1) is 12.7. The summed E-state index contributed by atoms with van der Waals surface area (Å²) in [6.07, 6.45) is 0.485. The van der Waals surface area contributed by atoms with Gasteiger partial charge in [-0.2, -0.15) is 5.26 Å². The maximum absolute atomic E-state index is 11.0. The van der Waals surface area contributed by atoms with Gasteiger partial charge in [-0.1, -0.05) is 6.92 Å². The van der Waals surface area contributed by atoms with Gasteiger partial charge in [0.25, 0.3) is 0 Å². The molecule has 0 aliphatic heterocycles. The second-order valence-corrected chi connectivity index (χ2v) is 6.29. The molecular weight excluding hydrogens is 372 g/mol. The van der Waals surface area contributed by atoms with Crippen molar-refractivity contribution in [3.8, 4) is 5.40 Å². The van der Waals surface area contributed by atoms with Crippen molar-refractivity contribution in [2.75, 3.05) is 44.8 Å². The molecule has 0 aliphatic carbocycles. The Morgan fingerprint density at radius 2 is 1.73 bits per heavy atom. The number of nitrogens with zero attached hydrogens (tertiary/aromatic N) is 1. The van der Waals surface area contributed by atoms with Gasteiger partial charge in [-0.3, -0.25) is 4.79 Å². The second kappa shape index (κ2) is 14.3. The molecule has 0 aliphatic rings. The van der Waals surface area contributed by atoms with Crippen LogP contribution < -0.4 is 16.0 Å². The molecule has 0 atom stereocenters. The molecular formula is C17H24N4O3S2. The Morgan fingerprint density at radius 3 is 2.31 bits per heavy atom. The molecule has 0 saturated heterocycles.